The Labute approximate surface area is 140 Å². The van der Waals surface area contributed by atoms with E-state index in [1.165, 1.54) is 16.0 Å². The molecule has 1 aromatic carbocycles. The average Bonchev–Trinajstić information content (AvgIpc) is 3.02. The van der Waals surface area contributed by atoms with E-state index in [1.54, 1.807) is 18.1 Å². The monoisotopic (exact) mass is 327 g/mol. The molecule has 0 radical (unpaired) electrons. The van der Waals surface area contributed by atoms with E-state index in [9.17, 15) is 0 Å². The summed E-state index contributed by atoms with van der Waals surface area (Å²) in [5.41, 5.74) is 3.58. The van der Waals surface area contributed by atoms with Gasteiger partial charge in [0, 0.05) is 31.0 Å². The van der Waals surface area contributed by atoms with E-state index < -0.39 is 0 Å². The number of anilines is 1. The fourth-order valence-electron chi connectivity index (χ4n) is 2.79. The molecule has 5 nitrogen and oxygen atoms in total. The molecule has 0 atom stereocenters. The normalized spacial score (nSPS) is 11.1. The molecule has 0 amide bonds. The lowest BCUT2D eigenvalue weighted by molar-refractivity contribution is 0.847. The number of aryl methyl sites for hydroxylation is 1. The van der Waals surface area contributed by atoms with Gasteiger partial charge in [0.15, 0.2) is 0 Å². The third-order valence-corrected chi connectivity index (χ3v) is 4.63. The first-order valence-corrected chi connectivity index (χ1v) is 8.88. The molecule has 0 aliphatic carbocycles. The van der Waals surface area contributed by atoms with E-state index in [4.69, 9.17) is 0 Å². The Kier molecular flexibility index (Phi) is 4.52. The molecule has 0 unspecified atom stereocenters. The topological polar surface area (TPSA) is 46.3 Å². The first-order valence-electron chi connectivity index (χ1n) is 7.65. The fraction of sp³-hybridized carbons (Fsp3) is 0.353. The molecule has 0 aliphatic rings. The Morgan fingerprint density at radius 1 is 1.17 bits per heavy atom. The Morgan fingerprint density at radius 3 is 2.52 bits per heavy atom. The maximum Gasteiger partial charge on any atom is 0.254 e. The summed E-state index contributed by atoms with van der Waals surface area (Å²) in [6.45, 7) is 2.13. The summed E-state index contributed by atoms with van der Waals surface area (Å²) in [5.74, 6) is 1.71. The van der Waals surface area contributed by atoms with Gasteiger partial charge < -0.3 is 4.90 Å². The average molecular weight is 327 g/mol. The van der Waals surface area contributed by atoms with Gasteiger partial charge >= 0.3 is 0 Å². The standard InChI is InChI=1S/C17H21N5S/c1-5-15-14(10-12-6-8-13(23-4)9-7-12)16(21(2)3)22-17(20-15)18-11-19-22/h6-9,11H,5,10H2,1-4H3. The van der Waals surface area contributed by atoms with E-state index >= 15 is 0 Å². The van der Waals surface area contributed by atoms with Crippen molar-refractivity contribution in [2.24, 2.45) is 0 Å². The van der Waals surface area contributed by atoms with Gasteiger partial charge in [0.2, 0.25) is 0 Å². The van der Waals surface area contributed by atoms with Crippen molar-refractivity contribution in [2.75, 3.05) is 25.3 Å². The zero-order valence-electron chi connectivity index (χ0n) is 13.9. The minimum Gasteiger partial charge on any atom is -0.362 e. The van der Waals surface area contributed by atoms with Gasteiger partial charge in [0.25, 0.3) is 5.78 Å². The maximum absolute atomic E-state index is 4.69. The molecule has 0 saturated carbocycles. The molecule has 0 N–H and O–H groups in total. The van der Waals surface area contributed by atoms with Crippen LogP contribution in [0.5, 0.6) is 0 Å². The van der Waals surface area contributed by atoms with Gasteiger partial charge in [-0.1, -0.05) is 19.1 Å². The molecule has 6 heteroatoms. The van der Waals surface area contributed by atoms with Gasteiger partial charge in [-0.15, -0.1) is 11.8 Å². The number of nitrogens with zero attached hydrogens (tertiary/aromatic N) is 5. The molecule has 2 aromatic heterocycles. The molecule has 2 heterocycles. The lowest BCUT2D eigenvalue weighted by Crippen LogP contribution is -2.19. The van der Waals surface area contributed by atoms with Crippen molar-refractivity contribution in [3.8, 4) is 0 Å². The predicted molar refractivity (Wildman–Crippen MR) is 95.5 cm³/mol. The molecule has 3 rings (SSSR count). The van der Waals surface area contributed by atoms with Crippen molar-refractivity contribution in [1.29, 1.82) is 0 Å². The van der Waals surface area contributed by atoms with E-state index in [2.05, 4.69) is 57.4 Å². The first kappa shape index (κ1) is 15.8. The van der Waals surface area contributed by atoms with Crippen molar-refractivity contribution in [1.82, 2.24) is 19.6 Å². The van der Waals surface area contributed by atoms with E-state index in [0.717, 1.165) is 24.4 Å². The second kappa shape index (κ2) is 6.58. The van der Waals surface area contributed by atoms with Crippen molar-refractivity contribution in [2.45, 2.75) is 24.7 Å². The van der Waals surface area contributed by atoms with Gasteiger partial charge in [0.05, 0.1) is 5.69 Å². The van der Waals surface area contributed by atoms with Crippen LogP contribution >= 0.6 is 11.8 Å². The lowest BCUT2D eigenvalue weighted by Gasteiger charge is -2.20. The number of aromatic nitrogens is 4. The van der Waals surface area contributed by atoms with E-state index in [-0.39, 0.29) is 0 Å². The van der Waals surface area contributed by atoms with Gasteiger partial charge in [-0.25, -0.2) is 4.98 Å². The highest BCUT2D eigenvalue weighted by Crippen LogP contribution is 2.26. The van der Waals surface area contributed by atoms with Crippen LogP contribution in [0.3, 0.4) is 0 Å². The molecule has 120 valence electrons. The third-order valence-electron chi connectivity index (χ3n) is 3.88. The van der Waals surface area contributed by atoms with Crippen LogP contribution in [-0.4, -0.2) is 39.9 Å². The first-order chi connectivity index (χ1) is 11.1. The van der Waals surface area contributed by atoms with Gasteiger partial charge in [-0.05, 0) is 30.4 Å². The number of rotatable bonds is 5. The summed E-state index contributed by atoms with van der Waals surface area (Å²) in [4.78, 5) is 12.3. The van der Waals surface area contributed by atoms with Crippen LogP contribution in [0.4, 0.5) is 5.82 Å². The Hall–Kier alpha value is -2.08. The van der Waals surface area contributed by atoms with Crippen LogP contribution in [0.1, 0.15) is 23.7 Å². The molecular formula is C17H21N5S. The minimum atomic E-state index is 0.659. The highest BCUT2D eigenvalue weighted by Gasteiger charge is 2.17. The zero-order valence-corrected chi connectivity index (χ0v) is 14.8. The van der Waals surface area contributed by atoms with Crippen LogP contribution < -0.4 is 4.90 Å². The van der Waals surface area contributed by atoms with Crippen molar-refractivity contribution >= 4 is 23.4 Å². The summed E-state index contributed by atoms with van der Waals surface area (Å²) in [6, 6.07) is 8.72. The van der Waals surface area contributed by atoms with Crippen LogP contribution in [0.25, 0.3) is 5.78 Å². The minimum absolute atomic E-state index is 0.659. The molecule has 0 aliphatic heterocycles. The van der Waals surface area contributed by atoms with Crippen LogP contribution in [0, 0.1) is 0 Å². The molecule has 0 fully saturated rings. The van der Waals surface area contributed by atoms with Crippen LogP contribution in [0.2, 0.25) is 0 Å². The highest BCUT2D eigenvalue weighted by molar-refractivity contribution is 7.98. The summed E-state index contributed by atoms with van der Waals surface area (Å²) in [6.07, 6.45) is 5.37. The summed E-state index contributed by atoms with van der Waals surface area (Å²) >= 11 is 1.76. The number of thioether (sulfide) groups is 1. The summed E-state index contributed by atoms with van der Waals surface area (Å²) in [5, 5.41) is 4.34. The summed E-state index contributed by atoms with van der Waals surface area (Å²) < 4.78 is 1.82. The Balaban J connectivity index is 2.11. The molecule has 3 aromatic rings. The third kappa shape index (κ3) is 3.03. The molecule has 0 bridgehead atoms. The maximum atomic E-state index is 4.69. The van der Waals surface area contributed by atoms with E-state index in [0.29, 0.717) is 5.78 Å². The Morgan fingerprint density at radius 2 is 1.91 bits per heavy atom. The second-order valence-electron chi connectivity index (χ2n) is 5.61. The molecule has 0 saturated heterocycles. The van der Waals surface area contributed by atoms with Crippen molar-refractivity contribution < 1.29 is 0 Å². The van der Waals surface area contributed by atoms with Gasteiger partial charge in [-0.2, -0.15) is 14.6 Å². The quantitative estimate of drug-likeness (QED) is 0.674. The lowest BCUT2D eigenvalue weighted by atomic mass is 10.0. The largest absolute Gasteiger partial charge is 0.362 e. The van der Waals surface area contributed by atoms with Gasteiger partial charge in [0.1, 0.15) is 12.1 Å². The predicted octanol–water partition coefficient (Wildman–Crippen LogP) is 3.07. The summed E-state index contributed by atoms with van der Waals surface area (Å²) in [7, 11) is 4.08. The molecular weight excluding hydrogens is 306 g/mol. The number of benzene rings is 1. The number of fused-ring (bicyclic) bond motifs is 1. The van der Waals surface area contributed by atoms with Crippen molar-refractivity contribution in [3.05, 3.63) is 47.4 Å². The smallest absolute Gasteiger partial charge is 0.254 e. The Bertz CT molecular complexity index is 808. The molecule has 0 spiro atoms. The SMILES string of the molecule is CCc1nc2ncnn2c(N(C)C)c1Cc1ccc(SC)cc1. The van der Waals surface area contributed by atoms with Gasteiger partial charge in [-0.3, -0.25) is 0 Å². The number of hydrogen-bond acceptors (Lipinski definition) is 5. The zero-order chi connectivity index (χ0) is 16.4. The fourth-order valence-corrected chi connectivity index (χ4v) is 3.19. The van der Waals surface area contributed by atoms with Crippen molar-refractivity contribution in [3.63, 3.8) is 0 Å². The number of hydrogen-bond donors (Lipinski definition) is 0. The highest BCUT2D eigenvalue weighted by atomic mass is 32.2. The van der Waals surface area contributed by atoms with E-state index in [1.807, 2.05) is 18.6 Å². The second-order valence-corrected chi connectivity index (χ2v) is 6.48. The van der Waals surface area contributed by atoms with Crippen LogP contribution in [0.15, 0.2) is 35.5 Å². The van der Waals surface area contributed by atoms with Crippen LogP contribution in [-0.2, 0) is 12.8 Å². The molecule has 23 heavy (non-hydrogen) atoms.